The van der Waals surface area contributed by atoms with Crippen molar-refractivity contribution in [2.45, 2.75) is 71.4 Å². The van der Waals surface area contributed by atoms with Gasteiger partial charge in [0.2, 0.25) is 5.91 Å². The van der Waals surface area contributed by atoms with Crippen molar-refractivity contribution in [3.63, 3.8) is 0 Å². The molecular weight excluding hydrogens is 212 g/mol. The first-order valence-electron chi connectivity index (χ1n) is 7.08. The van der Waals surface area contributed by atoms with Crippen molar-refractivity contribution in [1.82, 2.24) is 5.32 Å². The molecule has 3 nitrogen and oxygen atoms in total. The van der Waals surface area contributed by atoms with Gasteiger partial charge in [-0.2, -0.15) is 0 Å². The van der Waals surface area contributed by atoms with Crippen LogP contribution in [-0.2, 0) is 4.79 Å². The fourth-order valence-corrected chi connectivity index (χ4v) is 2.52. The zero-order valence-corrected chi connectivity index (χ0v) is 11.5. The van der Waals surface area contributed by atoms with E-state index in [1.165, 1.54) is 38.5 Å². The van der Waals surface area contributed by atoms with Gasteiger partial charge >= 0.3 is 0 Å². The lowest BCUT2D eigenvalue weighted by Crippen LogP contribution is -2.44. The van der Waals surface area contributed by atoms with Crippen LogP contribution in [-0.4, -0.2) is 18.0 Å². The molecule has 0 radical (unpaired) electrons. The Morgan fingerprint density at radius 3 is 2.12 bits per heavy atom. The molecule has 0 aromatic heterocycles. The molecule has 0 bridgehead atoms. The molecule has 1 aliphatic carbocycles. The van der Waals surface area contributed by atoms with Crippen molar-refractivity contribution < 1.29 is 4.79 Å². The maximum atomic E-state index is 11.9. The number of carbonyl (C=O) groups is 1. The monoisotopic (exact) mass is 240 g/mol. The van der Waals surface area contributed by atoms with Crippen molar-refractivity contribution >= 4 is 5.91 Å². The minimum atomic E-state index is -0.0942. The van der Waals surface area contributed by atoms with Crippen LogP contribution >= 0.6 is 0 Å². The fraction of sp³-hybridized carbons (Fsp3) is 0.929. The van der Waals surface area contributed by atoms with Gasteiger partial charge in [0, 0.05) is 18.0 Å². The summed E-state index contributed by atoms with van der Waals surface area (Å²) in [6.45, 7) is 5.93. The van der Waals surface area contributed by atoms with Gasteiger partial charge in [-0.05, 0) is 32.6 Å². The third-order valence-corrected chi connectivity index (χ3v) is 4.18. The van der Waals surface area contributed by atoms with E-state index in [1.807, 2.05) is 13.8 Å². The van der Waals surface area contributed by atoms with Crippen LogP contribution in [0.2, 0.25) is 0 Å². The quantitative estimate of drug-likeness (QED) is 0.742. The molecule has 3 heteroatoms. The van der Waals surface area contributed by atoms with Crippen molar-refractivity contribution in [1.29, 1.82) is 0 Å². The van der Waals surface area contributed by atoms with Crippen molar-refractivity contribution in [2.24, 2.45) is 17.6 Å². The summed E-state index contributed by atoms with van der Waals surface area (Å²) < 4.78 is 0. The highest BCUT2D eigenvalue weighted by Crippen LogP contribution is 2.25. The second-order valence-corrected chi connectivity index (χ2v) is 5.70. The molecule has 1 aliphatic rings. The average molecular weight is 240 g/mol. The van der Waals surface area contributed by atoms with E-state index in [0.29, 0.717) is 12.0 Å². The van der Waals surface area contributed by atoms with Gasteiger partial charge in [0.05, 0.1) is 0 Å². The molecule has 1 amide bonds. The molecule has 0 spiro atoms. The van der Waals surface area contributed by atoms with Crippen LogP contribution in [0.25, 0.3) is 0 Å². The molecule has 0 aliphatic heterocycles. The highest BCUT2D eigenvalue weighted by Gasteiger charge is 2.23. The van der Waals surface area contributed by atoms with Gasteiger partial charge in [0.1, 0.15) is 0 Å². The van der Waals surface area contributed by atoms with E-state index in [-0.39, 0.29) is 17.9 Å². The lowest BCUT2D eigenvalue weighted by atomic mass is 9.92. The fourth-order valence-electron chi connectivity index (χ4n) is 2.52. The Kier molecular flexibility index (Phi) is 5.96. The van der Waals surface area contributed by atoms with Crippen LogP contribution in [0, 0.1) is 11.8 Å². The van der Waals surface area contributed by atoms with Crippen LogP contribution in [0.5, 0.6) is 0 Å². The summed E-state index contributed by atoms with van der Waals surface area (Å²) in [5.74, 6) is 0.668. The first kappa shape index (κ1) is 14.5. The summed E-state index contributed by atoms with van der Waals surface area (Å²) in [5.41, 5.74) is 5.76. The lowest BCUT2D eigenvalue weighted by Gasteiger charge is -2.26. The highest BCUT2D eigenvalue weighted by atomic mass is 16.1. The Morgan fingerprint density at radius 1 is 1.12 bits per heavy atom. The van der Waals surface area contributed by atoms with Gasteiger partial charge in [0.25, 0.3) is 0 Å². The van der Waals surface area contributed by atoms with Gasteiger partial charge in [-0.1, -0.05) is 32.6 Å². The first-order valence-corrected chi connectivity index (χ1v) is 7.08. The number of amides is 1. The number of carbonyl (C=O) groups excluding carboxylic acids is 1. The minimum absolute atomic E-state index is 0.0728. The smallest absolute Gasteiger partial charge is 0.224 e. The van der Waals surface area contributed by atoms with Crippen LogP contribution < -0.4 is 11.1 Å². The number of nitrogens with one attached hydrogen (secondary N) is 1. The van der Waals surface area contributed by atoms with Crippen molar-refractivity contribution in [3.8, 4) is 0 Å². The molecule has 0 aromatic carbocycles. The van der Waals surface area contributed by atoms with Gasteiger partial charge in [-0.15, -0.1) is 0 Å². The molecule has 2 unspecified atom stereocenters. The average Bonchev–Trinajstić information content (AvgIpc) is 2.56. The Balaban J connectivity index is 2.41. The van der Waals surface area contributed by atoms with Gasteiger partial charge in [-0.25, -0.2) is 0 Å². The normalized spacial score (nSPS) is 23.5. The second kappa shape index (κ2) is 7.00. The summed E-state index contributed by atoms with van der Waals surface area (Å²) in [5, 5.41) is 3.14. The van der Waals surface area contributed by atoms with Crippen molar-refractivity contribution in [3.05, 3.63) is 0 Å². The Hall–Kier alpha value is -0.570. The van der Waals surface area contributed by atoms with E-state index < -0.39 is 0 Å². The zero-order chi connectivity index (χ0) is 12.8. The highest BCUT2D eigenvalue weighted by molar-refractivity contribution is 5.79. The van der Waals surface area contributed by atoms with Crippen molar-refractivity contribution in [2.75, 3.05) is 0 Å². The third kappa shape index (κ3) is 4.66. The second-order valence-electron chi connectivity index (χ2n) is 5.70. The molecule has 1 fully saturated rings. The van der Waals surface area contributed by atoms with E-state index in [9.17, 15) is 4.79 Å². The summed E-state index contributed by atoms with van der Waals surface area (Å²) in [4.78, 5) is 11.9. The molecule has 1 rings (SSSR count). The Bertz CT molecular complexity index is 232. The molecule has 1 saturated carbocycles. The molecule has 17 heavy (non-hydrogen) atoms. The molecule has 100 valence electrons. The summed E-state index contributed by atoms with van der Waals surface area (Å²) in [6, 6.07) is 0.220. The zero-order valence-electron chi connectivity index (χ0n) is 11.5. The van der Waals surface area contributed by atoms with Gasteiger partial charge < -0.3 is 11.1 Å². The Labute approximate surface area is 106 Å². The van der Waals surface area contributed by atoms with E-state index >= 15 is 0 Å². The summed E-state index contributed by atoms with van der Waals surface area (Å²) in [6.07, 6.45) is 7.85. The van der Waals surface area contributed by atoms with Crippen LogP contribution in [0.4, 0.5) is 0 Å². The maximum absolute atomic E-state index is 11.9. The standard InChI is InChI=1S/C14H28N2O/c1-10(11(2)15)14(17)16-12(3)13-8-6-4-5-7-9-13/h10-13H,4-9,15H2,1-3H3,(H,16,17)/t10?,11?,12-/m0/s1. The topological polar surface area (TPSA) is 55.1 Å². The Morgan fingerprint density at radius 2 is 1.65 bits per heavy atom. The minimum Gasteiger partial charge on any atom is -0.353 e. The largest absolute Gasteiger partial charge is 0.353 e. The van der Waals surface area contributed by atoms with E-state index in [2.05, 4.69) is 12.2 Å². The van der Waals surface area contributed by atoms with Crippen LogP contribution in [0.15, 0.2) is 0 Å². The molecular formula is C14H28N2O. The maximum Gasteiger partial charge on any atom is 0.224 e. The number of rotatable bonds is 4. The molecule has 0 aromatic rings. The molecule has 3 atom stereocenters. The third-order valence-electron chi connectivity index (χ3n) is 4.18. The predicted molar refractivity (Wildman–Crippen MR) is 71.6 cm³/mol. The molecule has 0 heterocycles. The van der Waals surface area contributed by atoms with Gasteiger partial charge in [0.15, 0.2) is 0 Å². The number of nitrogens with two attached hydrogens (primary N) is 1. The number of hydrogen-bond donors (Lipinski definition) is 2. The van der Waals surface area contributed by atoms with E-state index in [1.54, 1.807) is 0 Å². The summed E-state index contributed by atoms with van der Waals surface area (Å²) in [7, 11) is 0. The first-order chi connectivity index (χ1) is 8.02. The van der Waals surface area contributed by atoms with Crippen LogP contribution in [0.3, 0.4) is 0 Å². The predicted octanol–water partition coefficient (Wildman–Crippen LogP) is 2.44. The van der Waals surface area contributed by atoms with E-state index in [0.717, 1.165) is 0 Å². The SMILES string of the molecule is CC(N)C(C)C(=O)N[C@@H](C)C1CCCCCC1. The lowest BCUT2D eigenvalue weighted by molar-refractivity contribution is -0.125. The van der Waals surface area contributed by atoms with Crippen LogP contribution in [0.1, 0.15) is 59.3 Å². The van der Waals surface area contributed by atoms with Gasteiger partial charge in [-0.3, -0.25) is 4.79 Å². The number of hydrogen-bond acceptors (Lipinski definition) is 2. The molecule has 3 N–H and O–H groups in total. The molecule has 0 saturated heterocycles. The van der Waals surface area contributed by atoms with E-state index in [4.69, 9.17) is 5.73 Å². The summed E-state index contributed by atoms with van der Waals surface area (Å²) >= 11 is 0.